The number of unbranched alkanes of at least 4 members (excludes halogenated alkanes) is 3. The zero-order valence-corrected chi connectivity index (χ0v) is 13.6. The van der Waals surface area contributed by atoms with Crippen molar-refractivity contribution in [2.45, 2.75) is 38.5 Å². The second kappa shape index (κ2) is 7.81. The minimum atomic E-state index is -1.09. The Morgan fingerprint density at radius 3 is 2.61 bits per heavy atom. The number of carboxylic acid groups (broad SMARTS) is 1. The van der Waals surface area contributed by atoms with Crippen LogP contribution in [0.4, 0.5) is 5.69 Å². The molecule has 0 radical (unpaired) electrons. The number of hydrogen-bond donors (Lipinski definition) is 1. The highest BCUT2D eigenvalue weighted by atomic mass is 16.5. The van der Waals surface area contributed by atoms with Gasteiger partial charge >= 0.3 is 11.9 Å². The lowest BCUT2D eigenvalue weighted by Gasteiger charge is -2.32. The Labute approximate surface area is 136 Å². The highest BCUT2D eigenvalue weighted by Crippen LogP contribution is 2.38. The summed E-state index contributed by atoms with van der Waals surface area (Å²) in [5.74, 6) is -2.51. The standard InChI is InChI=1S/C18H23NO4/c1-3-4-5-8-11-19-12-14(17(20)21)16(18(22)23-2)13-9-6-7-10-15(13)19/h6-7,9-10,12,16H,3-5,8,11H2,1-2H3,(H,20,21). The molecule has 1 N–H and O–H groups in total. The van der Waals surface area contributed by atoms with Crippen LogP contribution in [0.15, 0.2) is 36.0 Å². The van der Waals surface area contributed by atoms with Crippen molar-refractivity contribution >= 4 is 17.6 Å². The summed E-state index contributed by atoms with van der Waals surface area (Å²) < 4.78 is 4.81. The summed E-state index contributed by atoms with van der Waals surface area (Å²) >= 11 is 0. The molecule has 23 heavy (non-hydrogen) atoms. The lowest BCUT2D eigenvalue weighted by molar-refractivity contribution is -0.144. The maximum atomic E-state index is 12.1. The van der Waals surface area contributed by atoms with Gasteiger partial charge in [-0.05, 0) is 18.1 Å². The number of methoxy groups -OCH3 is 1. The van der Waals surface area contributed by atoms with E-state index in [2.05, 4.69) is 6.92 Å². The number of carbonyl (C=O) groups is 2. The third kappa shape index (κ3) is 3.73. The summed E-state index contributed by atoms with van der Waals surface area (Å²) in [5, 5.41) is 9.50. The number of fused-ring (bicyclic) bond motifs is 1. The first-order valence-electron chi connectivity index (χ1n) is 7.98. The molecular weight excluding hydrogens is 294 g/mol. The van der Waals surface area contributed by atoms with Gasteiger partial charge in [0.15, 0.2) is 0 Å². The van der Waals surface area contributed by atoms with Gasteiger partial charge in [-0.3, -0.25) is 4.79 Å². The van der Waals surface area contributed by atoms with E-state index >= 15 is 0 Å². The number of esters is 1. The van der Waals surface area contributed by atoms with Crippen LogP contribution in [-0.2, 0) is 14.3 Å². The Kier molecular flexibility index (Phi) is 5.79. The fraction of sp³-hybridized carbons (Fsp3) is 0.444. The zero-order chi connectivity index (χ0) is 16.8. The van der Waals surface area contributed by atoms with E-state index in [1.54, 1.807) is 12.3 Å². The van der Waals surface area contributed by atoms with Gasteiger partial charge in [0.25, 0.3) is 0 Å². The maximum Gasteiger partial charge on any atom is 0.334 e. The number of rotatable bonds is 7. The third-order valence-electron chi connectivity index (χ3n) is 4.10. The van der Waals surface area contributed by atoms with Gasteiger partial charge in [0.2, 0.25) is 0 Å². The summed E-state index contributed by atoms with van der Waals surface area (Å²) in [6, 6.07) is 7.42. The Morgan fingerprint density at radius 1 is 1.22 bits per heavy atom. The first-order valence-corrected chi connectivity index (χ1v) is 7.98. The molecule has 0 saturated heterocycles. The Bertz CT molecular complexity index is 609. The van der Waals surface area contributed by atoms with Crippen LogP contribution in [0.2, 0.25) is 0 Å². The van der Waals surface area contributed by atoms with Crippen molar-refractivity contribution in [3.8, 4) is 0 Å². The Morgan fingerprint density at radius 2 is 1.96 bits per heavy atom. The van der Waals surface area contributed by atoms with E-state index in [1.807, 2.05) is 23.1 Å². The van der Waals surface area contributed by atoms with Crippen molar-refractivity contribution in [1.29, 1.82) is 0 Å². The van der Waals surface area contributed by atoms with Crippen LogP contribution in [-0.4, -0.2) is 30.7 Å². The molecule has 1 aromatic rings. The molecule has 1 heterocycles. The van der Waals surface area contributed by atoms with Crippen LogP contribution in [0.25, 0.3) is 0 Å². The van der Waals surface area contributed by atoms with E-state index in [1.165, 1.54) is 7.11 Å². The van der Waals surface area contributed by atoms with E-state index in [0.717, 1.165) is 37.9 Å². The SMILES string of the molecule is CCCCCCN1C=C(C(=O)O)C(C(=O)OC)c2ccccc21. The van der Waals surface area contributed by atoms with Crippen molar-refractivity contribution in [3.63, 3.8) is 0 Å². The van der Waals surface area contributed by atoms with Crippen molar-refractivity contribution in [1.82, 2.24) is 0 Å². The van der Waals surface area contributed by atoms with Crippen molar-refractivity contribution in [2.75, 3.05) is 18.6 Å². The monoisotopic (exact) mass is 317 g/mol. The molecule has 5 heteroatoms. The molecule has 0 bridgehead atoms. The largest absolute Gasteiger partial charge is 0.478 e. The van der Waals surface area contributed by atoms with Crippen molar-refractivity contribution in [3.05, 3.63) is 41.6 Å². The molecule has 1 atom stereocenters. The predicted octanol–water partition coefficient (Wildman–Crippen LogP) is 3.31. The van der Waals surface area contributed by atoms with E-state index in [-0.39, 0.29) is 5.57 Å². The number of ether oxygens (including phenoxy) is 1. The first kappa shape index (κ1) is 17.1. The average Bonchev–Trinajstić information content (AvgIpc) is 2.57. The molecule has 1 aliphatic heterocycles. The van der Waals surface area contributed by atoms with Crippen LogP contribution in [0.1, 0.15) is 44.1 Å². The summed E-state index contributed by atoms with van der Waals surface area (Å²) in [5.41, 5.74) is 1.63. The number of carboxylic acids is 1. The number of carbonyl (C=O) groups excluding carboxylic acids is 1. The molecule has 0 aromatic heterocycles. The third-order valence-corrected chi connectivity index (χ3v) is 4.10. The van der Waals surface area contributed by atoms with Gasteiger partial charge in [0, 0.05) is 18.4 Å². The molecule has 1 unspecified atom stereocenters. The first-order chi connectivity index (χ1) is 11.1. The number of benzene rings is 1. The fourth-order valence-corrected chi connectivity index (χ4v) is 2.92. The molecule has 0 aliphatic carbocycles. The minimum Gasteiger partial charge on any atom is -0.478 e. The summed E-state index contributed by atoms with van der Waals surface area (Å²) in [4.78, 5) is 25.7. The quantitative estimate of drug-likeness (QED) is 0.617. The normalized spacial score (nSPS) is 16.5. The highest BCUT2D eigenvalue weighted by Gasteiger charge is 2.36. The Balaban J connectivity index is 2.35. The summed E-state index contributed by atoms with van der Waals surface area (Å²) in [6.45, 7) is 2.89. The number of hydrogen-bond acceptors (Lipinski definition) is 4. The number of aliphatic carboxylic acids is 1. The lowest BCUT2D eigenvalue weighted by Crippen LogP contribution is -2.31. The van der Waals surface area contributed by atoms with Crippen LogP contribution in [0, 0.1) is 0 Å². The lowest BCUT2D eigenvalue weighted by atomic mass is 9.87. The average molecular weight is 317 g/mol. The Hall–Kier alpha value is -2.30. The van der Waals surface area contributed by atoms with Crippen LogP contribution >= 0.6 is 0 Å². The molecule has 2 rings (SSSR count). The fourth-order valence-electron chi connectivity index (χ4n) is 2.92. The molecular formula is C18H23NO4. The van der Waals surface area contributed by atoms with Gasteiger partial charge in [-0.1, -0.05) is 44.4 Å². The second-order valence-corrected chi connectivity index (χ2v) is 5.66. The van der Waals surface area contributed by atoms with Gasteiger partial charge in [-0.25, -0.2) is 4.79 Å². The molecule has 5 nitrogen and oxygen atoms in total. The number of nitrogens with zero attached hydrogens (tertiary/aromatic N) is 1. The van der Waals surface area contributed by atoms with Crippen LogP contribution in [0.3, 0.4) is 0 Å². The van der Waals surface area contributed by atoms with E-state index in [9.17, 15) is 14.7 Å². The molecule has 1 aromatic carbocycles. The minimum absolute atomic E-state index is 0.0611. The number of anilines is 1. The summed E-state index contributed by atoms with van der Waals surface area (Å²) in [6.07, 6.45) is 5.98. The molecule has 0 spiro atoms. The van der Waals surface area contributed by atoms with Gasteiger partial charge in [0.05, 0.1) is 12.7 Å². The van der Waals surface area contributed by atoms with Crippen molar-refractivity contribution in [2.24, 2.45) is 0 Å². The molecule has 0 amide bonds. The summed E-state index contributed by atoms with van der Waals surface area (Å²) in [7, 11) is 1.28. The van der Waals surface area contributed by atoms with E-state index in [4.69, 9.17) is 4.74 Å². The predicted molar refractivity (Wildman–Crippen MR) is 88.4 cm³/mol. The zero-order valence-electron chi connectivity index (χ0n) is 13.6. The van der Waals surface area contributed by atoms with Crippen LogP contribution in [0.5, 0.6) is 0 Å². The maximum absolute atomic E-state index is 12.1. The second-order valence-electron chi connectivity index (χ2n) is 5.66. The molecule has 0 fully saturated rings. The highest BCUT2D eigenvalue weighted by molar-refractivity contribution is 6.00. The van der Waals surface area contributed by atoms with Crippen LogP contribution < -0.4 is 4.90 Å². The molecule has 124 valence electrons. The van der Waals surface area contributed by atoms with Gasteiger partial charge < -0.3 is 14.7 Å². The van der Waals surface area contributed by atoms with Gasteiger partial charge in [-0.2, -0.15) is 0 Å². The van der Waals surface area contributed by atoms with E-state index in [0.29, 0.717) is 5.56 Å². The van der Waals surface area contributed by atoms with Gasteiger partial charge in [0.1, 0.15) is 5.92 Å². The molecule has 0 saturated carbocycles. The number of para-hydroxylation sites is 1. The smallest absolute Gasteiger partial charge is 0.334 e. The van der Waals surface area contributed by atoms with Crippen molar-refractivity contribution < 1.29 is 19.4 Å². The van der Waals surface area contributed by atoms with Gasteiger partial charge in [-0.15, -0.1) is 0 Å². The molecule has 1 aliphatic rings. The van der Waals surface area contributed by atoms with E-state index < -0.39 is 17.9 Å². The topological polar surface area (TPSA) is 66.8 Å².